The molecule has 0 radical (unpaired) electrons. The minimum absolute atomic E-state index is 0.0960. The highest BCUT2D eigenvalue weighted by molar-refractivity contribution is 5.76. The third-order valence-corrected chi connectivity index (χ3v) is 11.0. The van der Waals surface area contributed by atoms with Crippen LogP contribution in [-0.4, -0.2) is 32.3 Å². The Labute approximate surface area is 206 Å². The van der Waals surface area contributed by atoms with E-state index in [2.05, 4.69) is 24.1 Å². The van der Waals surface area contributed by atoms with E-state index in [0.29, 0.717) is 17.8 Å². The van der Waals surface area contributed by atoms with Crippen molar-refractivity contribution in [2.24, 2.45) is 28.6 Å². The lowest BCUT2D eigenvalue weighted by Crippen LogP contribution is -2.62. The molecule has 2 aromatic rings. The van der Waals surface area contributed by atoms with Crippen molar-refractivity contribution in [3.63, 3.8) is 0 Å². The van der Waals surface area contributed by atoms with E-state index in [4.69, 9.17) is 4.42 Å². The quantitative estimate of drug-likeness (QED) is 0.651. The van der Waals surface area contributed by atoms with Crippen LogP contribution < -0.4 is 10.9 Å². The molecule has 188 valence electrons. The van der Waals surface area contributed by atoms with E-state index < -0.39 is 5.60 Å². The lowest BCUT2D eigenvalue weighted by atomic mass is 9.43. The Morgan fingerprint density at radius 3 is 2.71 bits per heavy atom. The molecule has 2 aromatic heterocycles. The standard InChI is InChI=1S/C28H37N3O4/c1-26-10-7-20(30-25(33)31-14-13-29-17-31)15-19(26)4-5-23-22(26)8-11-27(2)21(9-12-28(23,27)34)18-3-6-24(32)35-16-18/h3,6,13-14,16-17,19-23,34H,4-5,7-12,15H2,1-2H3,(H,30,33)/t19-,20+,21-,22+,23-,26+,27-,28+/m1/s1. The van der Waals surface area contributed by atoms with Crippen LogP contribution in [0.2, 0.25) is 0 Å². The zero-order valence-electron chi connectivity index (χ0n) is 20.8. The Bertz CT molecular complexity index is 1140. The number of nitrogens with one attached hydrogen (secondary N) is 1. The van der Waals surface area contributed by atoms with E-state index in [-0.39, 0.29) is 34.4 Å². The molecular weight excluding hydrogens is 442 g/mol. The van der Waals surface area contributed by atoms with Gasteiger partial charge < -0.3 is 14.8 Å². The van der Waals surface area contributed by atoms with Gasteiger partial charge in [0.15, 0.2) is 0 Å². The Morgan fingerprint density at radius 1 is 1.11 bits per heavy atom. The summed E-state index contributed by atoms with van der Waals surface area (Å²) in [5.74, 6) is 1.61. The summed E-state index contributed by atoms with van der Waals surface area (Å²) in [7, 11) is 0. The second-order valence-electron chi connectivity index (χ2n) is 12.2. The number of hydrogen-bond donors (Lipinski definition) is 2. The van der Waals surface area contributed by atoms with E-state index in [9.17, 15) is 14.7 Å². The summed E-state index contributed by atoms with van der Waals surface area (Å²) in [5.41, 5.74) is 0.0487. The maximum Gasteiger partial charge on any atom is 0.335 e. The number of rotatable bonds is 2. The largest absolute Gasteiger partial charge is 0.431 e. The van der Waals surface area contributed by atoms with Gasteiger partial charge in [0.25, 0.3) is 0 Å². The normalized spacial score (nSPS) is 42.5. The molecule has 4 saturated carbocycles. The molecule has 7 nitrogen and oxygen atoms in total. The highest BCUT2D eigenvalue weighted by Gasteiger charge is 2.67. The minimum Gasteiger partial charge on any atom is -0.431 e. The third-order valence-electron chi connectivity index (χ3n) is 11.0. The summed E-state index contributed by atoms with van der Waals surface area (Å²) < 4.78 is 6.72. The highest BCUT2D eigenvalue weighted by Crippen LogP contribution is 2.70. The summed E-state index contributed by atoms with van der Waals surface area (Å²) in [5, 5.41) is 15.6. The molecule has 2 N–H and O–H groups in total. The number of imidazole rings is 1. The van der Waals surface area contributed by atoms with Crippen molar-refractivity contribution in [2.75, 3.05) is 0 Å². The molecule has 1 amide bonds. The van der Waals surface area contributed by atoms with Gasteiger partial charge in [-0.25, -0.2) is 14.6 Å². The van der Waals surface area contributed by atoms with Crippen molar-refractivity contribution < 1.29 is 14.3 Å². The Kier molecular flexibility index (Phi) is 5.30. The number of carbonyl (C=O) groups is 1. The van der Waals surface area contributed by atoms with Crippen LogP contribution in [0.25, 0.3) is 0 Å². The second kappa shape index (κ2) is 8.05. The average molecular weight is 480 g/mol. The van der Waals surface area contributed by atoms with Gasteiger partial charge in [0.05, 0.1) is 11.9 Å². The highest BCUT2D eigenvalue weighted by atomic mass is 16.4. The first-order chi connectivity index (χ1) is 16.7. The number of fused-ring (bicyclic) bond motifs is 5. The van der Waals surface area contributed by atoms with Gasteiger partial charge >= 0.3 is 11.7 Å². The van der Waals surface area contributed by atoms with Gasteiger partial charge in [-0.3, -0.25) is 4.57 Å². The van der Waals surface area contributed by atoms with Crippen LogP contribution in [0.3, 0.4) is 0 Å². The summed E-state index contributed by atoms with van der Waals surface area (Å²) in [6.07, 6.45) is 15.6. The van der Waals surface area contributed by atoms with E-state index in [0.717, 1.165) is 63.4 Å². The molecule has 7 heteroatoms. The van der Waals surface area contributed by atoms with Crippen molar-refractivity contribution in [2.45, 2.75) is 89.2 Å². The lowest BCUT2D eigenvalue weighted by molar-refractivity contribution is -0.201. The molecule has 8 atom stereocenters. The van der Waals surface area contributed by atoms with Gasteiger partial charge in [0.1, 0.15) is 6.33 Å². The number of aromatic nitrogens is 2. The maximum absolute atomic E-state index is 12.6. The van der Waals surface area contributed by atoms with E-state index in [1.54, 1.807) is 25.0 Å². The molecule has 0 unspecified atom stereocenters. The zero-order valence-corrected chi connectivity index (χ0v) is 20.8. The van der Waals surface area contributed by atoms with Gasteiger partial charge in [-0.15, -0.1) is 0 Å². The summed E-state index contributed by atoms with van der Waals surface area (Å²) in [6, 6.07) is 3.51. The van der Waals surface area contributed by atoms with Gasteiger partial charge in [-0.1, -0.05) is 13.8 Å². The van der Waals surface area contributed by atoms with E-state index in [1.807, 2.05) is 6.07 Å². The Hall–Kier alpha value is -2.41. The Balaban J connectivity index is 1.21. The Morgan fingerprint density at radius 2 is 1.97 bits per heavy atom. The zero-order chi connectivity index (χ0) is 24.4. The molecule has 0 spiro atoms. The van der Waals surface area contributed by atoms with Crippen molar-refractivity contribution in [3.05, 3.63) is 53.1 Å². The maximum atomic E-state index is 12.6. The molecule has 35 heavy (non-hydrogen) atoms. The SMILES string of the molecule is C[C@]12CC[C@H](NC(=O)n3ccnc3)C[C@H]1CC[C@@H]1[C@@H]2CC[C@]2(C)[C@@H](c3ccc(=O)oc3)CC[C@]12O. The molecular formula is C28H37N3O4. The predicted molar refractivity (Wildman–Crippen MR) is 131 cm³/mol. The second-order valence-corrected chi connectivity index (χ2v) is 12.2. The van der Waals surface area contributed by atoms with Crippen molar-refractivity contribution in [3.8, 4) is 0 Å². The third kappa shape index (κ3) is 3.37. The lowest BCUT2D eigenvalue weighted by Gasteiger charge is -2.63. The molecule has 2 heterocycles. The van der Waals surface area contributed by atoms with E-state index in [1.165, 1.54) is 10.6 Å². The number of carbonyl (C=O) groups excluding carboxylic acids is 1. The van der Waals surface area contributed by atoms with Gasteiger partial charge in [-0.2, -0.15) is 0 Å². The monoisotopic (exact) mass is 479 g/mol. The summed E-state index contributed by atoms with van der Waals surface area (Å²) in [6.45, 7) is 4.75. The van der Waals surface area contributed by atoms with E-state index >= 15 is 0 Å². The molecule has 4 fully saturated rings. The summed E-state index contributed by atoms with van der Waals surface area (Å²) in [4.78, 5) is 28.1. The molecule has 6 rings (SSSR count). The molecule has 4 aliphatic rings. The van der Waals surface area contributed by atoms with Crippen LogP contribution in [-0.2, 0) is 0 Å². The van der Waals surface area contributed by atoms with Crippen molar-refractivity contribution in [1.82, 2.24) is 14.9 Å². The summed E-state index contributed by atoms with van der Waals surface area (Å²) >= 11 is 0. The van der Waals surface area contributed by atoms with Crippen LogP contribution in [0.1, 0.15) is 83.1 Å². The number of amides is 1. The molecule has 0 saturated heterocycles. The number of nitrogens with zero attached hydrogens (tertiary/aromatic N) is 2. The predicted octanol–water partition coefficient (Wildman–Crippen LogP) is 4.70. The molecule has 4 aliphatic carbocycles. The first-order valence-corrected chi connectivity index (χ1v) is 13.3. The van der Waals surface area contributed by atoms with Crippen molar-refractivity contribution in [1.29, 1.82) is 0 Å². The first-order valence-electron chi connectivity index (χ1n) is 13.3. The van der Waals surface area contributed by atoms with Crippen LogP contribution in [0.5, 0.6) is 0 Å². The fraction of sp³-hybridized carbons (Fsp3) is 0.679. The van der Waals surface area contributed by atoms with Crippen LogP contribution in [0, 0.1) is 28.6 Å². The van der Waals surface area contributed by atoms with Gasteiger partial charge in [0, 0.05) is 29.9 Å². The fourth-order valence-corrected chi connectivity index (χ4v) is 9.09. The molecule has 0 aliphatic heterocycles. The van der Waals surface area contributed by atoms with Crippen LogP contribution in [0.15, 0.2) is 46.3 Å². The molecule has 0 aromatic carbocycles. The number of hydrogen-bond acceptors (Lipinski definition) is 5. The minimum atomic E-state index is -0.683. The van der Waals surface area contributed by atoms with Crippen LogP contribution in [0.4, 0.5) is 4.79 Å². The topological polar surface area (TPSA) is 97.4 Å². The fourth-order valence-electron chi connectivity index (χ4n) is 9.09. The number of aliphatic hydroxyl groups is 1. The van der Waals surface area contributed by atoms with Gasteiger partial charge in [0.2, 0.25) is 0 Å². The molecule has 0 bridgehead atoms. The smallest absolute Gasteiger partial charge is 0.335 e. The van der Waals surface area contributed by atoms with Crippen LogP contribution >= 0.6 is 0 Å². The van der Waals surface area contributed by atoms with Crippen molar-refractivity contribution >= 4 is 6.03 Å². The average Bonchev–Trinajstić information content (AvgIpc) is 3.47. The van der Waals surface area contributed by atoms with Gasteiger partial charge in [-0.05, 0) is 98.5 Å². The first kappa shape index (κ1) is 23.0.